The number of thiocarbonyl (C=S) groups is 1. The molecule has 14 heavy (non-hydrogen) atoms. The predicted octanol–water partition coefficient (Wildman–Crippen LogP) is 0.714. The molecule has 0 aromatic rings. The van der Waals surface area contributed by atoms with Gasteiger partial charge in [-0.05, 0) is 25.1 Å². The zero-order valence-electron chi connectivity index (χ0n) is 8.35. The van der Waals surface area contributed by atoms with E-state index in [0.717, 1.165) is 6.42 Å². The van der Waals surface area contributed by atoms with E-state index in [1.165, 1.54) is 0 Å². The molecule has 1 aliphatic rings. The van der Waals surface area contributed by atoms with Crippen molar-refractivity contribution in [1.82, 2.24) is 10.6 Å². The van der Waals surface area contributed by atoms with Crippen molar-refractivity contribution in [1.29, 1.82) is 0 Å². The van der Waals surface area contributed by atoms with Crippen LogP contribution in [0.1, 0.15) is 33.1 Å². The Morgan fingerprint density at radius 1 is 1.21 bits per heavy atom. The topological polar surface area (TPSA) is 58.2 Å². The third kappa shape index (κ3) is 1.64. The van der Waals surface area contributed by atoms with Crippen LogP contribution in [-0.4, -0.2) is 16.9 Å². The zero-order chi connectivity index (χ0) is 10.8. The minimum absolute atomic E-state index is 0.111. The van der Waals surface area contributed by atoms with E-state index in [2.05, 4.69) is 10.6 Å². The minimum Gasteiger partial charge on any atom is -0.302 e. The summed E-state index contributed by atoms with van der Waals surface area (Å²) >= 11 is 4.73. The maximum absolute atomic E-state index is 11.7. The predicted molar refractivity (Wildman–Crippen MR) is 56.5 cm³/mol. The molecule has 0 atom stereocenters. The molecule has 2 amide bonds. The fourth-order valence-electron chi connectivity index (χ4n) is 1.73. The summed E-state index contributed by atoms with van der Waals surface area (Å²) in [6.07, 6.45) is 1.85. The van der Waals surface area contributed by atoms with Gasteiger partial charge in [-0.25, -0.2) is 0 Å². The third-order valence-corrected chi connectivity index (χ3v) is 2.81. The molecule has 1 rings (SSSR count). The van der Waals surface area contributed by atoms with Gasteiger partial charge in [0.05, 0.1) is 0 Å². The van der Waals surface area contributed by atoms with E-state index in [4.69, 9.17) is 12.2 Å². The Kier molecular flexibility index (Phi) is 3.21. The summed E-state index contributed by atoms with van der Waals surface area (Å²) in [6.45, 7) is 3.79. The van der Waals surface area contributed by atoms with E-state index in [9.17, 15) is 9.59 Å². The molecule has 0 aromatic heterocycles. The molecular formula is C9H14N2O2S. The maximum atomic E-state index is 11.7. The first-order valence-electron chi connectivity index (χ1n) is 4.73. The number of nitrogens with one attached hydrogen (secondary N) is 2. The van der Waals surface area contributed by atoms with Crippen molar-refractivity contribution in [2.75, 3.05) is 0 Å². The number of carbonyl (C=O) groups is 2. The Hall–Kier alpha value is -0.970. The molecule has 0 aromatic carbocycles. The molecule has 5 heteroatoms. The lowest BCUT2D eigenvalue weighted by Crippen LogP contribution is -2.62. The smallest absolute Gasteiger partial charge is 0.241 e. The summed E-state index contributed by atoms with van der Waals surface area (Å²) in [5.41, 5.74) is -0.920. The normalized spacial score (nSPS) is 20.3. The molecule has 0 saturated carbocycles. The first kappa shape index (κ1) is 11.1. The number of hydrogen-bond donors (Lipinski definition) is 2. The molecule has 4 nitrogen and oxygen atoms in total. The van der Waals surface area contributed by atoms with Gasteiger partial charge in [-0.1, -0.05) is 20.3 Å². The molecule has 1 fully saturated rings. The first-order valence-corrected chi connectivity index (χ1v) is 5.14. The molecule has 0 spiro atoms. The lowest BCUT2D eigenvalue weighted by atomic mass is 9.78. The molecule has 0 aliphatic carbocycles. The van der Waals surface area contributed by atoms with Crippen LogP contribution < -0.4 is 10.6 Å². The zero-order valence-corrected chi connectivity index (χ0v) is 9.16. The SMILES string of the molecule is CCCC1(CC)C(=O)NC(=S)NC1=O. The van der Waals surface area contributed by atoms with Crippen molar-refractivity contribution >= 4 is 29.1 Å². The van der Waals surface area contributed by atoms with E-state index in [0.29, 0.717) is 12.8 Å². The lowest BCUT2D eigenvalue weighted by molar-refractivity contribution is -0.144. The van der Waals surface area contributed by atoms with Gasteiger partial charge in [0, 0.05) is 0 Å². The van der Waals surface area contributed by atoms with Crippen LogP contribution in [0.2, 0.25) is 0 Å². The number of carbonyl (C=O) groups excluding carboxylic acids is 2. The van der Waals surface area contributed by atoms with Crippen molar-refractivity contribution in [2.45, 2.75) is 33.1 Å². The quantitative estimate of drug-likeness (QED) is 0.537. The molecule has 1 saturated heterocycles. The van der Waals surface area contributed by atoms with E-state index in [1.807, 2.05) is 13.8 Å². The van der Waals surface area contributed by atoms with Crippen LogP contribution in [0.5, 0.6) is 0 Å². The van der Waals surface area contributed by atoms with Crippen LogP contribution >= 0.6 is 12.2 Å². The second-order valence-electron chi connectivity index (χ2n) is 3.42. The number of hydrogen-bond acceptors (Lipinski definition) is 3. The Labute approximate surface area is 88.4 Å². The molecule has 78 valence electrons. The standard InChI is InChI=1S/C9H14N2O2S/c1-3-5-9(4-2)6(12)10-8(14)11-7(9)13/h3-5H2,1-2H3,(H2,10,11,12,13,14). The van der Waals surface area contributed by atoms with Crippen molar-refractivity contribution in [2.24, 2.45) is 5.41 Å². The first-order chi connectivity index (χ1) is 6.56. The fourth-order valence-corrected chi connectivity index (χ4v) is 1.92. The Balaban J connectivity index is 2.97. The van der Waals surface area contributed by atoms with E-state index in [1.54, 1.807) is 0 Å². The summed E-state index contributed by atoms with van der Waals surface area (Å²) in [5.74, 6) is -0.536. The lowest BCUT2D eigenvalue weighted by Gasteiger charge is -2.33. The molecule has 0 unspecified atom stereocenters. The summed E-state index contributed by atoms with van der Waals surface area (Å²) < 4.78 is 0. The van der Waals surface area contributed by atoms with Crippen LogP contribution in [0.15, 0.2) is 0 Å². The van der Waals surface area contributed by atoms with Gasteiger partial charge in [-0.2, -0.15) is 0 Å². The van der Waals surface area contributed by atoms with Crippen LogP contribution in [0, 0.1) is 5.41 Å². The third-order valence-electron chi connectivity index (χ3n) is 2.60. The highest BCUT2D eigenvalue weighted by Crippen LogP contribution is 2.30. The van der Waals surface area contributed by atoms with Gasteiger partial charge < -0.3 is 10.6 Å². The van der Waals surface area contributed by atoms with E-state index in [-0.39, 0.29) is 16.9 Å². The Morgan fingerprint density at radius 3 is 2.07 bits per heavy atom. The molecular weight excluding hydrogens is 200 g/mol. The number of rotatable bonds is 3. The van der Waals surface area contributed by atoms with Crippen LogP contribution in [0.25, 0.3) is 0 Å². The highest BCUT2D eigenvalue weighted by molar-refractivity contribution is 7.80. The molecule has 2 N–H and O–H groups in total. The average Bonchev–Trinajstić information content (AvgIpc) is 2.11. The molecule has 1 aliphatic heterocycles. The van der Waals surface area contributed by atoms with E-state index < -0.39 is 5.41 Å². The largest absolute Gasteiger partial charge is 0.302 e. The maximum Gasteiger partial charge on any atom is 0.241 e. The molecule has 1 heterocycles. The Morgan fingerprint density at radius 2 is 1.71 bits per heavy atom. The van der Waals surface area contributed by atoms with Gasteiger partial charge in [0.1, 0.15) is 5.41 Å². The second-order valence-corrected chi connectivity index (χ2v) is 3.83. The van der Waals surface area contributed by atoms with Crippen LogP contribution in [-0.2, 0) is 9.59 Å². The summed E-state index contributed by atoms with van der Waals surface area (Å²) in [5, 5.41) is 5.11. The average molecular weight is 214 g/mol. The van der Waals surface area contributed by atoms with Crippen molar-refractivity contribution < 1.29 is 9.59 Å². The van der Waals surface area contributed by atoms with Crippen LogP contribution in [0.4, 0.5) is 0 Å². The van der Waals surface area contributed by atoms with Gasteiger partial charge >= 0.3 is 0 Å². The summed E-state index contributed by atoms with van der Waals surface area (Å²) in [6, 6.07) is 0. The van der Waals surface area contributed by atoms with E-state index >= 15 is 0 Å². The summed E-state index contributed by atoms with van der Waals surface area (Å²) in [7, 11) is 0. The van der Waals surface area contributed by atoms with Gasteiger partial charge in [-0.15, -0.1) is 0 Å². The van der Waals surface area contributed by atoms with Crippen molar-refractivity contribution in [3.05, 3.63) is 0 Å². The van der Waals surface area contributed by atoms with Crippen molar-refractivity contribution in [3.8, 4) is 0 Å². The molecule has 0 bridgehead atoms. The van der Waals surface area contributed by atoms with Gasteiger partial charge in [0.15, 0.2) is 5.11 Å². The minimum atomic E-state index is -0.920. The molecule has 0 radical (unpaired) electrons. The summed E-state index contributed by atoms with van der Waals surface area (Å²) in [4.78, 5) is 23.4. The second kappa shape index (κ2) is 4.04. The highest BCUT2D eigenvalue weighted by Gasteiger charge is 2.46. The van der Waals surface area contributed by atoms with Gasteiger partial charge in [-0.3, -0.25) is 9.59 Å². The van der Waals surface area contributed by atoms with Gasteiger partial charge in [0.25, 0.3) is 0 Å². The monoisotopic (exact) mass is 214 g/mol. The number of amides is 2. The fraction of sp³-hybridized carbons (Fsp3) is 0.667. The van der Waals surface area contributed by atoms with Gasteiger partial charge in [0.2, 0.25) is 11.8 Å². The van der Waals surface area contributed by atoms with Crippen molar-refractivity contribution in [3.63, 3.8) is 0 Å². The van der Waals surface area contributed by atoms with Crippen LogP contribution in [0.3, 0.4) is 0 Å². The highest BCUT2D eigenvalue weighted by atomic mass is 32.1. The Bertz CT molecular complexity index is 269.